The zero-order chi connectivity index (χ0) is 66.7. The number of thioether (sulfide) groups is 1. The van der Waals surface area contributed by atoms with Gasteiger partial charge in [-0.1, -0.05) is 174 Å². The predicted octanol–water partition coefficient (Wildman–Crippen LogP) is 12.4. The molecule has 6 aromatic carbocycles. The van der Waals surface area contributed by atoms with Crippen LogP contribution in [0.15, 0.2) is 189 Å². The molecule has 0 bridgehead atoms. The fourth-order valence-corrected chi connectivity index (χ4v) is 8.78. The topological polar surface area (TPSA) is 305 Å². The number of aromatic nitrogens is 2. The number of hydrogen-bond donors (Lipinski definition) is 6. The van der Waals surface area contributed by atoms with Crippen LogP contribution in [0.25, 0.3) is 27.1 Å². The second kappa shape index (κ2) is 39.5. The van der Waals surface area contributed by atoms with Gasteiger partial charge in [-0.15, -0.1) is 24.4 Å². The summed E-state index contributed by atoms with van der Waals surface area (Å²) in [5.74, 6) is -6.26. The average molecular weight is 1340 g/mol. The van der Waals surface area contributed by atoms with E-state index >= 15 is 0 Å². The first-order chi connectivity index (χ1) is 43.1. The number of rotatable bonds is 17. The maximum Gasteiger partial charge on any atom is 0.348 e. The number of nitrogens with zero attached hydrogens (tertiary/aromatic N) is 3. The molecule has 0 saturated carbocycles. The van der Waals surface area contributed by atoms with Gasteiger partial charge in [0.1, 0.15) is 18.6 Å². The summed E-state index contributed by atoms with van der Waals surface area (Å²) in [6.45, 7) is 10.00. The first-order valence-electron chi connectivity index (χ1n) is 26.2. The molecule has 8 rings (SSSR count). The third-order valence-corrected chi connectivity index (χ3v) is 13.4. The van der Waals surface area contributed by atoms with E-state index in [1.54, 1.807) is 147 Å². The van der Waals surface area contributed by atoms with Crippen LogP contribution in [-0.2, 0) is 30.1 Å². The van der Waals surface area contributed by atoms with Crippen LogP contribution in [0.1, 0.15) is 84.0 Å². The maximum atomic E-state index is 14.5. The quantitative estimate of drug-likeness (QED) is 0.00721. The number of thiocarbonyl (C=S) groups is 1. The molecule has 8 aromatic rings. The van der Waals surface area contributed by atoms with Crippen molar-refractivity contribution in [2.75, 3.05) is 19.8 Å². The van der Waals surface area contributed by atoms with Crippen molar-refractivity contribution in [3.63, 3.8) is 0 Å². The van der Waals surface area contributed by atoms with Crippen LogP contribution in [0.3, 0.4) is 0 Å². The minimum atomic E-state index is -2.23. The Balaban J connectivity index is 0.000000297. The number of nitrogens with one attached hydrogen (secondary N) is 2. The lowest BCUT2D eigenvalue weighted by Crippen LogP contribution is -2.27. The monoisotopic (exact) mass is 1340 g/mol. The number of nitriles is 2. The molecule has 25 heteroatoms. The van der Waals surface area contributed by atoms with Gasteiger partial charge in [0.25, 0.3) is 23.8 Å². The number of carbonyl (C=O) groups is 6. The molecule has 2 aromatic heterocycles. The van der Waals surface area contributed by atoms with Crippen molar-refractivity contribution in [3.05, 3.63) is 258 Å². The van der Waals surface area contributed by atoms with Gasteiger partial charge in [-0.3, -0.25) is 24.0 Å². The number of pyridine rings is 2. The number of ketones is 2. The van der Waals surface area contributed by atoms with E-state index in [1.165, 1.54) is 24.3 Å². The van der Waals surface area contributed by atoms with Crippen LogP contribution in [0.5, 0.6) is 0 Å². The zero-order valence-electron chi connectivity index (χ0n) is 47.7. The van der Waals surface area contributed by atoms with Gasteiger partial charge in [-0.25, -0.2) is 34.1 Å². The largest absolute Gasteiger partial charge is 0.478 e. The minimum absolute atomic E-state index is 0.0122. The molecule has 6 N–H and O–H groups in total. The number of carboxylic acids is 2. The lowest BCUT2D eigenvalue weighted by Gasteiger charge is -2.10. The van der Waals surface area contributed by atoms with E-state index < -0.39 is 58.6 Å². The van der Waals surface area contributed by atoms with Gasteiger partial charge >= 0.3 is 23.9 Å². The van der Waals surface area contributed by atoms with E-state index in [0.29, 0.717) is 45.5 Å². The molecule has 0 saturated heterocycles. The number of carbonyl (C=O) groups excluding carboxylic acids is 4. The Morgan fingerprint density at radius 3 is 1.54 bits per heavy atom. The fraction of sp³-hybridized carbons (Fsp3) is 0.138. The predicted molar refractivity (Wildman–Crippen MR) is 343 cm³/mol. The number of aromatic carboxylic acids is 2. The van der Waals surface area contributed by atoms with Crippen LogP contribution in [0.4, 0.5) is 13.2 Å². The molecular weight excluding hydrogens is 1290 g/mol. The number of nitrogens with two attached hydrogens (primary N) is 1. The number of hydrogen-bond acceptors (Lipinski definition) is 15. The molecule has 1 unspecified atom stereocenters. The number of alkyl halides is 2. The van der Waals surface area contributed by atoms with Gasteiger partial charge in [-0.05, 0) is 60.4 Å². The molecule has 0 radical (unpaired) electrons. The summed E-state index contributed by atoms with van der Waals surface area (Å²) < 4.78 is 50.6. The number of carboxylic acid groups (broad SMARTS) is 2. The molecule has 2 heterocycles. The summed E-state index contributed by atoms with van der Waals surface area (Å²) in [5.41, 5.74) is 6.92. The SMILES string of the molecule is CCOC(=O)C(F)C(=O)c1ccccc1.CCOC(=O)CC(=O)c1ccccc1.N#Cc1c(S)[nH]c(=O)c(F)c1-c1ccccc1.N#Cc1c(SCc2cccc(C(=O)O)c2)[nH]c(=O)c(F)c1-c1ccccc1.O=C(O)c1cccc(CBr)c1.[C-]#[N+]CC(N)=S. The lowest BCUT2D eigenvalue weighted by molar-refractivity contribution is -0.147. The molecule has 18 nitrogen and oxygen atoms in total. The fourth-order valence-electron chi connectivity index (χ4n) is 7.15. The number of H-pyrrole nitrogens is 2. The number of halogens is 4. The molecule has 0 fully saturated rings. The highest BCUT2D eigenvalue weighted by molar-refractivity contribution is 9.08. The summed E-state index contributed by atoms with van der Waals surface area (Å²) in [6, 6.07) is 50.4. The number of ether oxygens (including phenoxy) is 2. The van der Waals surface area contributed by atoms with Gasteiger partial charge in [-0.2, -0.15) is 10.5 Å². The highest BCUT2D eigenvalue weighted by atomic mass is 79.9. The van der Waals surface area contributed by atoms with E-state index in [9.17, 15) is 56.8 Å². The molecule has 0 amide bonds. The second-order valence-electron chi connectivity index (χ2n) is 17.5. The van der Waals surface area contributed by atoms with Crippen LogP contribution in [0.2, 0.25) is 0 Å². The lowest BCUT2D eigenvalue weighted by atomic mass is 10.0. The van der Waals surface area contributed by atoms with Crippen LogP contribution in [-0.4, -0.2) is 86.5 Å². The van der Waals surface area contributed by atoms with Crippen molar-refractivity contribution in [2.45, 2.75) is 47.6 Å². The molecule has 0 aliphatic carbocycles. The number of aromatic amines is 2. The standard InChI is InChI=1S/C20H13FN2O3S.C12H7FN2OS.C11H11FO3.C11H12O3.C8H7BrO2.C3H4N2S/c21-17-16(13-6-2-1-3-7-13)15(10-22)19(23-18(17)24)27-11-12-5-4-8-14(9-12)20(25)26;13-10-9(7-4-2-1-3-5-7)8(6-14)12(17)15-11(10)16;1-2-15-11(14)9(12)10(13)8-6-4-3-5-7-8;1-2-14-11(13)8-10(12)9-6-4-3-5-7-9;9-5-6-2-1-3-7(4-6)8(10)11;1-5-2-3(4)6/h1-9H,11H2,(H,23,24)(H,25,26);1-5H,(H2,15,16,17);3-7,9H,2H2,1H3;3-7H,2,8H2,1H3;1-4H,5H2,(H,10,11);2H2,(H2,4,6). The Hall–Kier alpha value is -10.2. The smallest absolute Gasteiger partial charge is 0.348 e. The highest BCUT2D eigenvalue weighted by Crippen LogP contribution is 2.32. The van der Waals surface area contributed by atoms with Crippen molar-refractivity contribution in [1.82, 2.24) is 9.97 Å². The van der Waals surface area contributed by atoms with Crippen molar-refractivity contribution in [2.24, 2.45) is 5.73 Å². The Labute approximate surface area is 537 Å². The third-order valence-electron chi connectivity index (χ3n) is 11.2. The molecule has 1 atom stereocenters. The van der Waals surface area contributed by atoms with Crippen LogP contribution >= 0.6 is 52.5 Å². The van der Waals surface area contributed by atoms with E-state index in [-0.39, 0.29) is 73.8 Å². The van der Waals surface area contributed by atoms with Crippen molar-refractivity contribution in [1.29, 1.82) is 10.5 Å². The minimum Gasteiger partial charge on any atom is -0.478 e. The van der Waals surface area contributed by atoms with Gasteiger partial charge < -0.3 is 40.2 Å². The summed E-state index contributed by atoms with van der Waals surface area (Å²) in [6.07, 6.45) is -2.41. The first kappa shape index (κ1) is 74.0. The molecule has 0 aliphatic heterocycles. The Bertz CT molecular complexity index is 4030. The summed E-state index contributed by atoms with van der Waals surface area (Å²) in [7, 11) is 0. The number of thiol groups is 1. The van der Waals surface area contributed by atoms with E-state index in [4.69, 9.17) is 27.8 Å². The van der Waals surface area contributed by atoms with E-state index in [1.807, 2.05) is 24.3 Å². The van der Waals surface area contributed by atoms with Crippen molar-refractivity contribution < 1.29 is 61.6 Å². The molecule has 0 spiro atoms. The van der Waals surface area contributed by atoms with Crippen LogP contribution in [0, 0.1) is 40.9 Å². The number of esters is 2. The number of Topliss-reactive ketones (excluding diaryl/α,β-unsaturated/α-hetero) is 2. The zero-order valence-corrected chi connectivity index (χ0v) is 51.8. The highest BCUT2D eigenvalue weighted by Gasteiger charge is 2.28. The Morgan fingerprint density at radius 2 is 1.11 bits per heavy atom. The number of benzene rings is 6. The van der Waals surface area contributed by atoms with Gasteiger partial charge in [0.15, 0.2) is 22.4 Å². The maximum absolute atomic E-state index is 14.5. The molecule has 462 valence electrons. The van der Waals surface area contributed by atoms with Gasteiger partial charge in [0.2, 0.25) is 5.78 Å². The Morgan fingerprint density at radius 1 is 0.678 bits per heavy atom. The van der Waals surface area contributed by atoms with Crippen molar-refractivity contribution >= 4 is 93.0 Å². The van der Waals surface area contributed by atoms with Gasteiger partial charge in [0.05, 0.1) is 45.5 Å². The molecular formula is C65H54BrF3N6O12S3. The molecule has 90 heavy (non-hydrogen) atoms. The van der Waals surface area contributed by atoms with E-state index in [2.05, 4.69) is 65.1 Å². The summed E-state index contributed by atoms with van der Waals surface area (Å²) in [5, 5.41) is 37.2. The van der Waals surface area contributed by atoms with E-state index in [0.717, 1.165) is 17.3 Å². The van der Waals surface area contributed by atoms with Crippen molar-refractivity contribution in [3.8, 4) is 34.4 Å². The average Bonchev–Trinajstić information content (AvgIpc) is 0.876. The first-order valence-corrected chi connectivity index (χ1v) is 29.1. The second-order valence-corrected chi connectivity index (χ2v) is 20.0. The molecule has 0 aliphatic rings. The third kappa shape index (κ3) is 24.1. The normalized spacial score (nSPS) is 10.0. The van der Waals surface area contributed by atoms with Gasteiger partial charge in [0, 0.05) is 33.3 Å². The summed E-state index contributed by atoms with van der Waals surface area (Å²) in [4.78, 5) is 97.4. The van der Waals surface area contributed by atoms with Crippen LogP contribution < -0.4 is 16.9 Å². The Kier molecular flexibility index (Phi) is 32.5. The summed E-state index contributed by atoms with van der Waals surface area (Å²) >= 11 is 12.7.